The lowest BCUT2D eigenvalue weighted by Gasteiger charge is -2.27. The number of rotatable bonds is 4. The molecule has 2 heterocycles. The second-order valence-electron chi connectivity index (χ2n) is 4.92. The monoisotopic (exact) mass is 263 g/mol. The highest BCUT2D eigenvalue weighted by Crippen LogP contribution is 2.01. The number of amides is 1. The van der Waals surface area contributed by atoms with Crippen LogP contribution in [0.2, 0.25) is 0 Å². The minimum atomic E-state index is 0.0390. The summed E-state index contributed by atoms with van der Waals surface area (Å²) in [5.41, 5.74) is 0.785. The average molecular weight is 263 g/mol. The molecule has 1 fully saturated rings. The number of hydrogen-bond donors (Lipinski definition) is 1. The minimum absolute atomic E-state index is 0.0390. The highest BCUT2D eigenvalue weighted by atomic mass is 16.2. The van der Waals surface area contributed by atoms with Gasteiger partial charge >= 0.3 is 0 Å². The van der Waals surface area contributed by atoms with Crippen LogP contribution in [0.3, 0.4) is 0 Å². The van der Waals surface area contributed by atoms with Crippen LogP contribution in [0.4, 0.5) is 0 Å². The Balaban J connectivity index is 1.81. The maximum atomic E-state index is 12.0. The van der Waals surface area contributed by atoms with Crippen molar-refractivity contribution in [3.63, 3.8) is 0 Å². The number of pyridine rings is 1. The van der Waals surface area contributed by atoms with Gasteiger partial charge in [0.2, 0.25) is 5.91 Å². The van der Waals surface area contributed by atoms with E-state index in [9.17, 15) is 9.59 Å². The normalized spacial score (nSPS) is 15.5. The SMILES string of the molecule is Cc1cccn(CCCC(=O)N2CCNCC2)c1=O. The van der Waals surface area contributed by atoms with Crippen LogP contribution in [0.1, 0.15) is 18.4 Å². The van der Waals surface area contributed by atoms with E-state index >= 15 is 0 Å². The molecule has 0 spiro atoms. The molecule has 0 aliphatic carbocycles. The Bertz CT molecular complexity index is 490. The van der Waals surface area contributed by atoms with Crippen LogP contribution >= 0.6 is 0 Å². The molecular formula is C14H21N3O2. The van der Waals surface area contributed by atoms with Gasteiger partial charge in [-0.1, -0.05) is 6.07 Å². The second kappa shape index (κ2) is 6.52. The highest BCUT2D eigenvalue weighted by Gasteiger charge is 2.15. The maximum absolute atomic E-state index is 12.0. The Morgan fingerprint density at radius 2 is 2.11 bits per heavy atom. The summed E-state index contributed by atoms with van der Waals surface area (Å²) in [6.07, 6.45) is 3.01. The number of carbonyl (C=O) groups is 1. The molecule has 1 aliphatic heterocycles. The van der Waals surface area contributed by atoms with Crippen LogP contribution in [0.15, 0.2) is 23.1 Å². The number of carbonyl (C=O) groups excluding carboxylic acids is 1. The first-order valence-corrected chi connectivity index (χ1v) is 6.83. The number of piperazine rings is 1. The third-order valence-corrected chi connectivity index (χ3v) is 3.47. The van der Waals surface area contributed by atoms with E-state index in [1.54, 1.807) is 10.8 Å². The molecule has 0 bridgehead atoms. The Hall–Kier alpha value is -1.62. The van der Waals surface area contributed by atoms with Gasteiger partial charge < -0.3 is 14.8 Å². The highest BCUT2D eigenvalue weighted by molar-refractivity contribution is 5.76. The van der Waals surface area contributed by atoms with Gasteiger partial charge in [0.05, 0.1) is 0 Å². The topological polar surface area (TPSA) is 54.3 Å². The number of hydrogen-bond acceptors (Lipinski definition) is 3. The van der Waals surface area contributed by atoms with E-state index in [0.29, 0.717) is 19.4 Å². The van der Waals surface area contributed by atoms with Gasteiger partial charge in [0.15, 0.2) is 0 Å². The van der Waals surface area contributed by atoms with Crippen LogP contribution in [-0.4, -0.2) is 41.6 Å². The van der Waals surface area contributed by atoms with Crippen LogP contribution < -0.4 is 10.9 Å². The molecule has 0 atom stereocenters. The fourth-order valence-electron chi connectivity index (χ4n) is 2.31. The molecule has 0 aromatic carbocycles. The molecule has 2 rings (SSSR count). The van der Waals surface area contributed by atoms with Gasteiger partial charge in [-0.25, -0.2) is 0 Å². The molecule has 1 aromatic heterocycles. The average Bonchev–Trinajstić information content (AvgIpc) is 2.44. The zero-order chi connectivity index (χ0) is 13.7. The van der Waals surface area contributed by atoms with Crippen molar-refractivity contribution in [3.8, 4) is 0 Å². The maximum Gasteiger partial charge on any atom is 0.253 e. The van der Waals surface area contributed by atoms with Gasteiger partial charge in [-0.15, -0.1) is 0 Å². The number of nitrogens with one attached hydrogen (secondary N) is 1. The van der Waals surface area contributed by atoms with E-state index < -0.39 is 0 Å². The first-order valence-electron chi connectivity index (χ1n) is 6.83. The van der Waals surface area contributed by atoms with E-state index in [4.69, 9.17) is 0 Å². The lowest BCUT2D eigenvalue weighted by molar-refractivity contribution is -0.131. The summed E-state index contributed by atoms with van der Waals surface area (Å²) in [5.74, 6) is 0.196. The Morgan fingerprint density at radius 3 is 2.84 bits per heavy atom. The Labute approximate surface area is 113 Å². The minimum Gasteiger partial charge on any atom is -0.340 e. The predicted octanol–water partition coefficient (Wildman–Crippen LogP) is 0.369. The Morgan fingerprint density at radius 1 is 1.37 bits per heavy atom. The van der Waals surface area contributed by atoms with E-state index in [2.05, 4.69) is 5.32 Å². The summed E-state index contributed by atoms with van der Waals surface area (Å²) in [7, 11) is 0. The van der Waals surface area contributed by atoms with E-state index in [0.717, 1.165) is 31.7 Å². The first-order chi connectivity index (χ1) is 9.18. The van der Waals surface area contributed by atoms with Crippen molar-refractivity contribution in [2.75, 3.05) is 26.2 Å². The molecule has 0 radical (unpaired) electrons. The first kappa shape index (κ1) is 13.8. The standard InChI is InChI=1S/C14H21N3O2/c1-12-4-2-8-17(14(12)19)9-3-5-13(18)16-10-6-15-7-11-16/h2,4,8,15H,3,5-7,9-11H2,1H3. The molecule has 1 aromatic rings. The lowest BCUT2D eigenvalue weighted by Crippen LogP contribution is -2.46. The molecule has 1 aliphatic rings. The molecule has 19 heavy (non-hydrogen) atoms. The van der Waals surface area contributed by atoms with Crippen molar-refractivity contribution < 1.29 is 4.79 Å². The van der Waals surface area contributed by atoms with Gasteiger partial charge in [-0.3, -0.25) is 9.59 Å². The lowest BCUT2D eigenvalue weighted by atomic mass is 10.2. The number of aromatic nitrogens is 1. The van der Waals surface area contributed by atoms with Crippen molar-refractivity contribution >= 4 is 5.91 Å². The van der Waals surface area contributed by atoms with Crippen molar-refractivity contribution in [3.05, 3.63) is 34.2 Å². The number of nitrogens with zero attached hydrogens (tertiary/aromatic N) is 2. The fourth-order valence-corrected chi connectivity index (χ4v) is 2.31. The largest absolute Gasteiger partial charge is 0.340 e. The summed E-state index contributed by atoms with van der Waals surface area (Å²) in [6.45, 7) is 5.77. The van der Waals surface area contributed by atoms with Crippen LogP contribution in [0.25, 0.3) is 0 Å². The van der Waals surface area contributed by atoms with Crippen molar-refractivity contribution in [1.29, 1.82) is 0 Å². The van der Waals surface area contributed by atoms with E-state index in [1.165, 1.54) is 0 Å². The zero-order valence-corrected chi connectivity index (χ0v) is 11.4. The summed E-state index contributed by atoms with van der Waals surface area (Å²) < 4.78 is 1.68. The van der Waals surface area contributed by atoms with Crippen molar-refractivity contribution in [2.24, 2.45) is 0 Å². The zero-order valence-electron chi connectivity index (χ0n) is 11.4. The van der Waals surface area contributed by atoms with E-state index in [-0.39, 0.29) is 11.5 Å². The molecule has 5 heteroatoms. The summed E-state index contributed by atoms with van der Waals surface area (Å²) in [6, 6.07) is 3.68. The van der Waals surface area contributed by atoms with Crippen molar-refractivity contribution in [2.45, 2.75) is 26.3 Å². The number of aryl methyl sites for hydroxylation is 2. The molecule has 1 N–H and O–H groups in total. The van der Waals surface area contributed by atoms with Gasteiger partial charge in [-0.05, 0) is 19.4 Å². The van der Waals surface area contributed by atoms with Crippen LogP contribution in [-0.2, 0) is 11.3 Å². The quantitative estimate of drug-likeness (QED) is 0.854. The second-order valence-corrected chi connectivity index (χ2v) is 4.92. The smallest absolute Gasteiger partial charge is 0.253 e. The third kappa shape index (κ3) is 3.67. The molecule has 1 saturated heterocycles. The van der Waals surface area contributed by atoms with Crippen molar-refractivity contribution in [1.82, 2.24) is 14.8 Å². The van der Waals surface area contributed by atoms with Crippen LogP contribution in [0.5, 0.6) is 0 Å². The van der Waals surface area contributed by atoms with Gasteiger partial charge in [-0.2, -0.15) is 0 Å². The molecule has 5 nitrogen and oxygen atoms in total. The van der Waals surface area contributed by atoms with Gasteiger partial charge in [0.25, 0.3) is 5.56 Å². The third-order valence-electron chi connectivity index (χ3n) is 3.47. The van der Waals surface area contributed by atoms with Crippen LogP contribution in [0, 0.1) is 6.92 Å². The molecule has 1 amide bonds. The molecule has 0 unspecified atom stereocenters. The molecule has 0 saturated carbocycles. The molecule has 104 valence electrons. The van der Waals surface area contributed by atoms with Gasteiger partial charge in [0, 0.05) is 50.9 Å². The predicted molar refractivity (Wildman–Crippen MR) is 74.1 cm³/mol. The fraction of sp³-hybridized carbons (Fsp3) is 0.571. The summed E-state index contributed by atoms with van der Waals surface area (Å²) >= 11 is 0. The van der Waals surface area contributed by atoms with Gasteiger partial charge in [0.1, 0.15) is 0 Å². The Kier molecular flexibility index (Phi) is 4.74. The van der Waals surface area contributed by atoms with E-state index in [1.807, 2.05) is 24.0 Å². The molecular weight excluding hydrogens is 242 g/mol. The summed E-state index contributed by atoms with van der Waals surface area (Å²) in [4.78, 5) is 25.7. The summed E-state index contributed by atoms with van der Waals surface area (Å²) in [5, 5.41) is 3.23.